The number of aryl methyl sites for hydroxylation is 1. The van der Waals surface area contributed by atoms with E-state index in [0.717, 1.165) is 5.56 Å². The van der Waals surface area contributed by atoms with Gasteiger partial charge in [0.25, 0.3) is 5.91 Å². The third kappa shape index (κ3) is 4.13. The summed E-state index contributed by atoms with van der Waals surface area (Å²) in [4.78, 5) is 37.7. The minimum atomic E-state index is -0.880. The van der Waals surface area contributed by atoms with Gasteiger partial charge in [-0.3, -0.25) is 14.4 Å². The predicted molar refractivity (Wildman–Crippen MR) is 89.6 cm³/mol. The molecule has 0 aliphatic carbocycles. The molecule has 1 fully saturated rings. The number of amides is 2. The van der Waals surface area contributed by atoms with Crippen molar-refractivity contribution >= 4 is 17.8 Å². The van der Waals surface area contributed by atoms with E-state index in [0.29, 0.717) is 18.5 Å². The Bertz CT molecular complexity index is 624. The van der Waals surface area contributed by atoms with E-state index in [-0.39, 0.29) is 24.3 Å². The summed E-state index contributed by atoms with van der Waals surface area (Å²) in [5, 5.41) is 11.9. The van der Waals surface area contributed by atoms with Crippen molar-refractivity contribution in [3.63, 3.8) is 0 Å². The summed E-state index contributed by atoms with van der Waals surface area (Å²) >= 11 is 0. The summed E-state index contributed by atoms with van der Waals surface area (Å²) in [5.74, 6) is -1.99. The van der Waals surface area contributed by atoms with E-state index in [1.807, 2.05) is 32.9 Å². The summed E-state index contributed by atoms with van der Waals surface area (Å²) in [6, 6.07) is 6.48. The Kier molecular flexibility index (Phi) is 5.59. The molecule has 130 valence electrons. The van der Waals surface area contributed by atoms with E-state index >= 15 is 0 Å². The van der Waals surface area contributed by atoms with Crippen LogP contribution in [0.3, 0.4) is 0 Å². The molecule has 1 aliphatic heterocycles. The highest BCUT2D eigenvalue weighted by molar-refractivity contribution is 5.97. The molecule has 1 aromatic carbocycles. The van der Waals surface area contributed by atoms with Crippen LogP contribution in [0.5, 0.6) is 0 Å². The number of carboxylic acids is 1. The van der Waals surface area contributed by atoms with Crippen molar-refractivity contribution in [2.75, 3.05) is 13.1 Å². The molecule has 0 spiro atoms. The van der Waals surface area contributed by atoms with Crippen LogP contribution < -0.4 is 5.32 Å². The lowest BCUT2D eigenvalue weighted by atomic mass is 10.0. The first-order chi connectivity index (χ1) is 11.3. The van der Waals surface area contributed by atoms with Crippen molar-refractivity contribution in [3.05, 3.63) is 35.4 Å². The lowest BCUT2D eigenvalue weighted by Crippen LogP contribution is -2.50. The predicted octanol–water partition coefficient (Wildman–Crippen LogP) is 1.68. The van der Waals surface area contributed by atoms with Crippen LogP contribution in [0.2, 0.25) is 0 Å². The van der Waals surface area contributed by atoms with Gasteiger partial charge in [-0.05, 0) is 31.4 Å². The van der Waals surface area contributed by atoms with Crippen molar-refractivity contribution in [3.8, 4) is 0 Å². The molecule has 0 aromatic heterocycles. The second-order valence-corrected chi connectivity index (χ2v) is 6.67. The van der Waals surface area contributed by atoms with Crippen LogP contribution in [0, 0.1) is 18.8 Å². The van der Waals surface area contributed by atoms with Crippen molar-refractivity contribution < 1.29 is 19.5 Å². The second-order valence-electron chi connectivity index (χ2n) is 6.67. The minimum Gasteiger partial charge on any atom is -0.481 e. The Hall–Kier alpha value is -2.37. The molecular formula is C18H24N2O4. The van der Waals surface area contributed by atoms with Crippen molar-refractivity contribution in [1.29, 1.82) is 0 Å². The zero-order valence-electron chi connectivity index (χ0n) is 14.3. The molecular weight excluding hydrogens is 308 g/mol. The number of likely N-dealkylation sites (tertiary alicyclic amines) is 1. The molecule has 1 aromatic rings. The molecule has 6 heteroatoms. The van der Waals surface area contributed by atoms with Gasteiger partial charge < -0.3 is 15.3 Å². The van der Waals surface area contributed by atoms with E-state index < -0.39 is 17.9 Å². The van der Waals surface area contributed by atoms with E-state index in [1.54, 1.807) is 17.0 Å². The smallest absolute Gasteiger partial charge is 0.308 e. The fourth-order valence-corrected chi connectivity index (χ4v) is 2.80. The molecule has 2 atom stereocenters. The van der Waals surface area contributed by atoms with Gasteiger partial charge in [0.15, 0.2) is 0 Å². The average Bonchev–Trinajstić information content (AvgIpc) is 3.02. The van der Waals surface area contributed by atoms with Gasteiger partial charge in [0.05, 0.1) is 5.92 Å². The Balaban J connectivity index is 2.06. The Morgan fingerprint density at radius 3 is 2.33 bits per heavy atom. The van der Waals surface area contributed by atoms with Crippen LogP contribution in [0.25, 0.3) is 0 Å². The monoisotopic (exact) mass is 332 g/mol. The SMILES string of the molecule is Cc1ccc(C(=O)NC(C(=O)N2CCC(C(=O)O)C2)C(C)C)cc1. The first kappa shape index (κ1) is 18.0. The van der Waals surface area contributed by atoms with Crippen LogP contribution >= 0.6 is 0 Å². The quantitative estimate of drug-likeness (QED) is 0.859. The van der Waals surface area contributed by atoms with E-state index in [2.05, 4.69) is 5.32 Å². The number of carbonyl (C=O) groups excluding carboxylic acids is 2. The van der Waals surface area contributed by atoms with Crippen molar-refractivity contribution in [2.24, 2.45) is 11.8 Å². The zero-order valence-corrected chi connectivity index (χ0v) is 14.3. The van der Waals surface area contributed by atoms with Gasteiger partial charge >= 0.3 is 5.97 Å². The molecule has 1 heterocycles. The molecule has 0 radical (unpaired) electrons. The Labute approximate surface area is 141 Å². The van der Waals surface area contributed by atoms with Crippen molar-refractivity contribution in [1.82, 2.24) is 10.2 Å². The van der Waals surface area contributed by atoms with Crippen LogP contribution in [-0.2, 0) is 9.59 Å². The van der Waals surface area contributed by atoms with Gasteiger partial charge in [-0.25, -0.2) is 0 Å². The molecule has 1 aliphatic rings. The summed E-state index contributed by atoms with van der Waals surface area (Å²) in [6.45, 7) is 6.29. The maximum absolute atomic E-state index is 12.7. The molecule has 0 bridgehead atoms. The summed E-state index contributed by atoms with van der Waals surface area (Å²) in [6.07, 6.45) is 0.456. The highest BCUT2D eigenvalue weighted by atomic mass is 16.4. The third-order valence-corrected chi connectivity index (χ3v) is 4.38. The number of nitrogens with one attached hydrogen (secondary N) is 1. The highest BCUT2D eigenvalue weighted by Gasteiger charge is 2.35. The molecule has 0 saturated carbocycles. The molecule has 6 nitrogen and oxygen atoms in total. The molecule has 2 N–H and O–H groups in total. The number of rotatable bonds is 5. The first-order valence-corrected chi connectivity index (χ1v) is 8.18. The maximum Gasteiger partial charge on any atom is 0.308 e. The fraction of sp³-hybridized carbons (Fsp3) is 0.500. The topological polar surface area (TPSA) is 86.7 Å². The molecule has 1 saturated heterocycles. The van der Waals surface area contributed by atoms with Crippen LogP contribution in [-0.4, -0.2) is 46.9 Å². The molecule has 2 unspecified atom stereocenters. The average molecular weight is 332 g/mol. The molecule has 24 heavy (non-hydrogen) atoms. The van der Waals surface area contributed by atoms with Gasteiger partial charge in [0.1, 0.15) is 6.04 Å². The highest BCUT2D eigenvalue weighted by Crippen LogP contribution is 2.19. The van der Waals surface area contributed by atoms with Crippen molar-refractivity contribution in [2.45, 2.75) is 33.2 Å². The molecule has 2 rings (SSSR count). The van der Waals surface area contributed by atoms with Gasteiger partial charge in [0, 0.05) is 18.7 Å². The standard InChI is InChI=1S/C18H24N2O4/c1-11(2)15(17(22)20-9-8-14(10-20)18(23)24)19-16(21)13-6-4-12(3)5-7-13/h4-7,11,14-15H,8-10H2,1-3H3,(H,19,21)(H,23,24). The number of nitrogens with zero attached hydrogens (tertiary/aromatic N) is 1. The lowest BCUT2D eigenvalue weighted by Gasteiger charge is -2.27. The first-order valence-electron chi connectivity index (χ1n) is 8.18. The van der Waals surface area contributed by atoms with Crippen LogP contribution in [0.15, 0.2) is 24.3 Å². The van der Waals surface area contributed by atoms with E-state index in [9.17, 15) is 14.4 Å². The summed E-state index contributed by atoms with van der Waals surface area (Å²) in [5.41, 5.74) is 1.56. The Morgan fingerprint density at radius 2 is 1.83 bits per heavy atom. The number of hydrogen-bond donors (Lipinski definition) is 2. The summed E-state index contributed by atoms with van der Waals surface area (Å²) < 4.78 is 0. The normalized spacial score (nSPS) is 18.5. The zero-order chi connectivity index (χ0) is 17.9. The van der Waals surface area contributed by atoms with Gasteiger partial charge in [-0.2, -0.15) is 0 Å². The lowest BCUT2D eigenvalue weighted by molar-refractivity contribution is -0.141. The maximum atomic E-state index is 12.7. The van der Waals surface area contributed by atoms with Crippen LogP contribution in [0.4, 0.5) is 0 Å². The third-order valence-electron chi connectivity index (χ3n) is 4.38. The van der Waals surface area contributed by atoms with Crippen LogP contribution in [0.1, 0.15) is 36.2 Å². The number of aliphatic carboxylic acids is 1. The summed E-state index contributed by atoms with van der Waals surface area (Å²) in [7, 11) is 0. The van der Waals surface area contributed by atoms with E-state index in [4.69, 9.17) is 5.11 Å². The fourth-order valence-electron chi connectivity index (χ4n) is 2.80. The minimum absolute atomic E-state index is 0.0872. The van der Waals surface area contributed by atoms with Gasteiger partial charge in [-0.1, -0.05) is 31.5 Å². The molecule has 2 amide bonds. The largest absolute Gasteiger partial charge is 0.481 e. The number of hydrogen-bond acceptors (Lipinski definition) is 3. The van der Waals surface area contributed by atoms with Gasteiger partial charge in [-0.15, -0.1) is 0 Å². The van der Waals surface area contributed by atoms with Gasteiger partial charge in [0.2, 0.25) is 5.91 Å². The number of carboxylic acid groups (broad SMARTS) is 1. The number of carbonyl (C=O) groups is 3. The second kappa shape index (κ2) is 7.47. The van der Waals surface area contributed by atoms with E-state index in [1.165, 1.54) is 0 Å². The number of benzene rings is 1. The Morgan fingerprint density at radius 1 is 1.21 bits per heavy atom.